The highest BCUT2D eigenvalue weighted by atomic mass is 16.7. The van der Waals surface area contributed by atoms with Gasteiger partial charge in [0.15, 0.2) is 6.29 Å². The van der Waals surface area contributed by atoms with Crippen LogP contribution in [0.25, 0.3) is 0 Å². The summed E-state index contributed by atoms with van der Waals surface area (Å²) in [6.45, 7) is 4.57. The number of carbonyl (C=O) groups is 1. The van der Waals surface area contributed by atoms with Gasteiger partial charge >= 0.3 is 5.97 Å². The average molecular weight is 867 g/mol. The van der Waals surface area contributed by atoms with Gasteiger partial charge in [-0.2, -0.15) is 0 Å². The highest BCUT2D eigenvalue weighted by Gasteiger charge is 2.44. The Balaban J connectivity index is 2.18. The van der Waals surface area contributed by atoms with E-state index in [1.165, 1.54) is 161 Å². The molecule has 360 valence electrons. The molecule has 1 rings (SSSR count). The van der Waals surface area contributed by atoms with Gasteiger partial charge in [0.05, 0.1) is 19.8 Å². The van der Waals surface area contributed by atoms with Crippen LogP contribution in [0.3, 0.4) is 0 Å². The van der Waals surface area contributed by atoms with Crippen molar-refractivity contribution in [2.75, 3.05) is 26.4 Å². The van der Waals surface area contributed by atoms with Crippen molar-refractivity contribution < 1.29 is 44.2 Å². The molecule has 0 aromatic rings. The molecular formula is C52H98O9. The molecule has 0 aliphatic carbocycles. The maximum atomic E-state index is 12.8. The average Bonchev–Trinajstić information content (AvgIpc) is 3.26. The van der Waals surface area contributed by atoms with Gasteiger partial charge in [0.2, 0.25) is 0 Å². The Morgan fingerprint density at radius 2 is 0.951 bits per heavy atom. The standard InChI is InChI=1S/C52H98O9/c1-3-5-7-9-11-13-15-17-19-21-22-23-24-25-26-28-30-32-34-36-38-40-42-58-44-46(45-59-52-51(57)50(56)49(55)47(43-53)61-52)60-48(54)41-39-37-35-33-31-29-27-20-18-16-14-12-10-8-6-4-2/h14,16,20,27,46-47,49-53,55-57H,3-13,15,17-19,21-26,28-45H2,1-2H3/b16-14-,27-20-. The molecule has 9 heteroatoms. The van der Waals surface area contributed by atoms with Crippen LogP contribution in [0.1, 0.15) is 239 Å². The maximum absolute atomic E-state index is 12.8. The van der Waals surface area contributed by atoms with Crippen molar-refractivity contribution in [3.8, 4) is 0 Å². The van der Waals surface area contributed by atoms with E-state index in [1.54, 1.807) is 0 Å². The molecule has 61 heavy (non-hydrogen) atoms. The number of carbonyl (C=O) groups excluding carboxylic acids is 1. The summed E-state index contributed by atoms with van der Waals surface area (Å²) in [6.07, 6.45) is 45.0. The van der Waals surface area contributed by atoms with Gasteiger partial charge < -0.3 is 39.4 Å². The topological polar surface area (TPSA) is 135 Å². The van der Waals surface area contributed by atoms with Crippen molar-refractivity contribution in [3.05, 3.63) is 24.3 Å². The van der Waals surface area contributed by atoms with Crippen molar-refractivity contribution in [3.63, 3.8) is 0 Å². The summed E-state index contributed by atoms with van der Waals surface area (Å²) in [5.74, 6) is -0.323. The first kappa shape index (κ1) is 57.7. The highest BCUT2D eigenvalue weighted by Crippen LogP contribution is 2.23. The van der Waals surface area contributed by atoms with Crippen LogP contribution in [0.15, 0.2) is 24.3 Å². The minimum atomic E-state index is -1.54. The van der Waals surface area contributed by atoms with E-state index in [4.69, 9.17) is 18.9 Å². The second-order valence-corrected chi connectivity index (χ2v) is 18.0. The summed E-state index contributed by atoms with van der Waals surface area (Å²) in [7, 11) is 0. The predicted octanol–water partition coefficient (Wildman–Crippen LogP) is 12.5. The first-order chi connectivity index (χ1) is 29.9. The van der Waals surface area contributed by atoms with Crippen molar-refractivity contribution in [2.24, 2.45) is 0 Å². The van der Waals surface area contributed by atoms with Crippen LogP contribution in [-0.2, 0) is 23.7 Å². The molecule has 9 nitrogen and oxygen atoms in total. The monoisotopic (exact) mass is 867 g/mol. The van der Waals surface area contributed by atoms with Gasteiger partial charge in [0, 0.05) is 13.0 Å². The number of aliphatic hydroxyl groups is 4. The van der Waals surface area contributed by atoms with Gasteiger partial charge in [-0.05, 0) is 44.9 Å². The first-order valence-corrected chi connectivity index (χ1v) is 25.9. The fourth-order valence-electron chi connectivity index (χ4n) is 8.05. The number of hydrogen-bond donors (Lipinski definition) is 4. The Bertz CT molecular complexity index is 988. The van der Waals surface area contributed by atoms with E-state index in [9.17, 15) is 25.2 Å². The molecule has 4 N–H and O–H groups in total. The summed E-state index contributed by atoms with van der Waals surface area (Å²) in [5, 5.41) is 40.2. The normalized spacial score (nSPS) is 20.0. The molecule has 0 amide bonds. The van der Waals surface area contributed by atoms with Gasteiger partial charge in [0.25, 0.3) is 0 Å². The second-order valence-electron chi connectivity index (χ2n) is 18.0. The van der Waals surface area contributed by atoms with E-state index in [0.717, 1.165) is 57.8 Å². The molecule has 6 atom stereocenters. The number of rotatable bonds is 45. The summed E-state index contributed by atoms with van der Waals surface area (Å²) >= 11 is 0. The van der Waals surface area contributed by atoms with Gasteiger partial charge in [-0.3, -0.25) is 4.79 Å². The molecule has 1 aliphatic heterocycles. The predicted molar refractivity (Wildman–Crippen MR) is 252 cm³/mol. The zero-order valence-electron chi connectivity index (χ0n) is 39.7. The molecule has 0 spiro atoms. The van der Waals surface area contributed by atoms with Gasteiger partial charge in [-0.25, -0.2) is 0 Å². The number of unbranched alkanes of at least 4 members (excludes halogenated alkanes) is 30. The molecule has 0 radical (unpaired) electrons. The van der Waals surface area contributed by atoms with Crippen LogP contribution in [0.5, 0.6) is 0 Å². The van der Waals surface area contributed by atoms with Crippen LogP contribution in [0.4, 0.5) is 0 Å². The van der Waals surface area contributed by atoms with Crippen molar-refractivity contribution in [2.45, 2.75) is 275 Å². The Hall–Kier alpha value is -1.33. The molecule has 1 fully saturated rings. The van der Waals surface area contributed by atoms with Crippen LogP contribution in [-0.4, -0.2) is 89.6 Å². The van der Waals surface area contributed by atoms with Gasteiger partial charge in [0.1, 0.15) is 30.5 Å². The Morgan fingerprint density at radius 1 is 0.525 bits per heavy atom. The number of allylic oxidation sites excluding steroid dienone is 4. The Labute approximate surface area is 375 Å². The van der Waals surface area contributed by atoms with E-state index in [-0.39, 0.29) is 19.2 Å². The summed E-state index contributed by atoms with van der Waals surface area (Å²) < 4.78 is 22.9. The first-order valence-electron chi connectivity index (χ1n) is 25.9. The van der Waals surface area contributed by atoms with E-state index < -0.39 is 43.4 Å². The molecule has 1 saturated heterocycles. The van der Waals surface area contributed by atoms with E-state index >= 15 is 0 Å². The van der Waals surface area contributed by atoms with Crippen LogP contribution in [0.2, 0.25) is 0 Å². The molecule has 1 heterocycles. The van der Waals surface area contributed by atoms with Crippen molar-refractivity contribution >= 4 is 5.97 Å². The van der Waals surface area contributed by atoms with Crippen LogP contribution >= 0.6 is 0 Å². The quantitative estimate of drug-likeness (QED) is 0.0268. The summed E-state index contributed by atoms with van der Waals surface area (Å²) in [4.78, 5) is 12.8. The van der Waals surface area contributed by atoms with Gasteiger partial charge in [-0.15, -0.1) is 0 Å². The van der Waals surface area contributed by atoms with Gasteiger partial charge in [-0.1, -0.05) is 212 Å². The molecular weight excluding hydrogens is 769 g/mol. The zero-order chi connectivity index (χ0) is 44.3. The van der Waals surface area contributed by atoms with Crippen molar-refractivity contribution in [1.29, 1.82) is 0 Å². The smallest absolute Gasteiger partial charge is 0.306 e. The molecule has 0 aromatic carbocycles. The molecule has 0 aromatic heterocycles. The lowest BCUT2D eigenvalue weighted by Gasteiger charge is -2.39. The SMILES string of the molecule is CCCCCC/C=C\C/C=C\CCCCCCCC(=O)OC(COCCCCCCCCCCCCCCCCCCCCCCCC)COC1OC(CO)C(O)C(O)C1O. The van der Waals surface area contributed by atoms with Crippen LogP contribution < -0.4 is 0 Å². The number of hydrogen-bond acceptors (Lipinski definition) is 9. The minimum absolute atomic E-state index is 0.115. The lowest BCUT2D eigenvalue weighted by Crippen LogP contribution is -2.59. The zero-order valence-corrected chi connectivity index (χ0v) is 39.7. The van der Waals surface area contributed by atoms with E-state index in [0.29, 0.717) is 13.0 Å². The lowest BCUT2D eigenvalue weighted by atomic mass is 9.99. The molecule has 0 saturated carbocycles. The second kappa shape index (κ2) is 43.9. The summed E-state index contributed by atoms with van der Waals surface area (Å²) in [6, 6.07) is 0. The summed E-state index contributed by atoms with van der Waals surface area (Å²) in [5.41, 5.74) is 0. The Kier molecular flexibility index (Phi) is 41.5. The third-order valence-electron chi connectivity index (χ3n) is 12.1. The molecule has 1 aliphatic rings. The van der Waals surface area contributed by atoms with E-state index in [2.05, 4.69) is 38.2 Å². The number of esters is 1. The highest BCUT2D eigenvalue weighted by molar-refractivity contribution is 5.69. The van der Waals surface area contributed by atoms with Crippen molar-refractivity contribution in [1.82, 2.24) is 0 Å². The van der Waals surface area contributed by atoms with E-state index in [1.807, 2.05) is 0 Å². The largest absolute Gasteiger partial charge is 0.457 e. The molecule has 6 unspecified atom stereocenters. The molecule has 0 bridgehead atoms. The third-order valence-corrected chi connectivity index (χ3v) is 12.1. The minimum Gasteiger partial charge on any atom is -0.457 e. The number of ether oxygens (including phenoxy) is 4. The fraction of sp³-hybridized carbons (Fsp3) is 0.904. The fourth-order valence-corrected chi connectivity index (χ4v) is 8.05. The third kappa shape index (κ3) is 34.7. The maximum Gasteiger partial charge on any atom is 0.306 e. The lowest BCUT2D eigenvalue weighted by molar-refractivity contribution is -0.305. The number of aliphatic hydroxyl groups excluding tert-OH is 4. The Morgan fingerprint density at radius 3 is 1.43 bits per heavy atom. The van der Waals surface area contributed by atoms with Crippen LogP contribution in [0, 0.1) is 0 Å².